The molecule has 4 aromatic rings. The lowest BCUT2D eigenvalue weighted by molar-refractivity contribution is -0.134. The predicted octanol–water partition coefficient (Wildman–Crippen LogP) is 3.19. The molecule has 1 aliphatic rings. The summed E-state index contributed by atoms with van der Waals surface area (Å²) in [5.41, 5.74) is 22.4. The minimum atomic E-state index is -0.609. The number of nitrogens with two attached hydrogens (primary N) is 3. The number of pyridine rings is 1. The number of rotatable bonds is 6. The number of fused-ring (bicyclic) bond motifs is 1. The molecule has 198 valence electrons. The predicted molar refractivity (Wildman–Crippen MR) is 154 cm³/mol. The summed E-state index contributed by atoms with van der Waals surface area (Å²) in [7, 11) is 0. The lowest BCUT2D eigenvalue weighted by Crippen LogP contribution is -2.49. The number of primary amides is 1. The maximum Gasteiger partial charge on any atom is 0.323 e. The van der Waals surface area contributed by atoms with Crippen molar-refractivity contribution in [2.75, 3.05) is 30.3 Å². The normalized spacial score (nSPS) is 13.6. The van der Waals surface area contributed by atoms with Crippen molar-refractivity contribution in [2.45, 2.75) is 6.54 Å². The summed E-state index contributed by atoms with van der Waals surface area (Å²) in [5, 5.41) is 5.48. The van der Waals surface area contributed by atoms with Gasteiger partial charge in [-0.05, 0) is 46.8 Å². The van der Waals surface area contributed by atoms with Gasteiger partial charge in [-0.1, -0.05) is 24.3 Å². The summed E-state index contributed by atoms with van der Waals surface area (Å²) in [6.07, 6.45) is 4.79. The largest absolute Gasteiger partial charge is 0.383 e. The molecule has 0 bridgehead atoms. The Balaban J connectivity index is 1.44. The number of nitrogen functional groups attached to an aromatic ring is 1. The van der Waals surface area contributed by atoms with Gasteiger partial charge in [0, 0.05) is 53.1 Å². The molecule has 0 saturated carbocycles. The third kappa shape index (κ3) is 5.31. The monoisotopic (exact) mass is 541 g/mol. The lowest BCUT2D eigenvalue weighted by Gasteiger charge is -2.25. The van der Waals surface area contributed by atoms with Crippen molar-refractivity contribution in [3.63, 3.8) is 0 Å². The number of thiophene rings is 1. The first kappa shape index (κ1) is 25.9. The summed E-state index contributed by atoms with van der Waals surface area (Å²) in [4.78, 5) is 43.8. The number of aromatic nitrogens is 1. The van der Waals surface area contributed by atoms with E-state index in [2.05, 4.69) is 10.3 Å². The van der Waals surface area contributed by atoms with Crippen molar-refractivity contribution in [3.05, 3.63) is 77.3 Å². The topological polar surface area (TPSA) is 161 Å². The Kier molecular flexibility index (Phi) is 7.26. The van der Waals surface area contributed by atoms with Crippen LogP contribution in [-0.4, -0.2) is 47.4 Å². The van der Waals surface area contributed by atoms with Gasteiger partial charge in [0.05, 0.1) is 17.9 Å². The zero-order valence-electron chi connectivity index (χ0n) is 21.0. The van der Waals surface area contributed by atoms with E-state index < -0.39 is 6.03 Å². The molecule has 0 aliphatic carbocycles. The molecule has 11 heteroatoms. The molecule has 2 aromatic heterocycles. The molecule has 1 aliphatic heterocycles. The molecule has 39 heavy (non-hydrogen) atoms. The number of anilines is 3. The third-order valence-electron chi connectivity index (χ3n) is 6.47. The first-order chi connectivity index (χ1) is 18.9. The van der Waals surface area contributed by atoms with Gasteiger partial charge in [0.25, 0.3) is 0 Å². The fourth-order valence-electron chi connectivity index (χ4n) is 4.53. The van der Waals surface area contributed by atoms with E-state index in [1.165, 1.54) is 27.2 Å². The number of amides is 4. The van der Waals surface area contributed by atoms with Gasteiger partial charge in [-0.15, -0.1) is 11.3 Å². The number of benzene rings is 2. The molecule has 0 radical (unpaired) electrons. The molecule has 10 nitrogen and oxygen atoms in total. The van der Waals surface area contributed by atoms with Crippen LogP contribution in [0.3, 0.4) is 0 Å². The Labute approximate surface area is 228 Å². The van der Waals surface area contributed by atoms with Gasteiger partial charge in [-0.2, -0.15) is 0 Å². The van der Waals surface area contributed by atoms with Gasteiger partial charge in [0.1, 0.15) is 5.82 Å². The number of carbonyl (C=O) groups excluding carboxylic acids is 3. The van der Waals surface area contributed by atoms with Gasteiger partial charge in [-0.25, -0.2) is 9.78 Å². The molecule has 0 atom stereocenters. The van der Waals surface area contributed by atoms with E-state index in [1.807, 2.05) is 47.8 Å². The second-order valence-corrected chi connectivity index (χ2v) is 9.87. The molecule has 4 amide bonds. The summed E-state index contributed by atoms with van der Waals surface area (Å²) >= 11 is 1.50. The van der Waals surface area contributed by atoms with Crippen LogP contribution in [0.5, 0.6) is 0 Å². The van der Waals surface area contributed by atoms with Crippen LogP contribution in [0.4, 0.5) is 22.0 Å². The number of nitrogens with one attached hydrogen (secondary N) is 1. The van der Waals surface area contributed by atoms with Crippen LogP contribution in [0.15, 0.2) is 66.2 Å². The van der Waals surface area contributed by atoms with Gasteiger partial charge < -0.3 is 27.4 Å². The third-order valence-corrected chi connectivity index (χ3v) is 7.50. The molecule has 0 spiro atoms. The number of hydrogen-bond donors (Lipinski definition) is 4. The maximum absolute atomic E-state index is 12.6. The average molecular weight is 542 g/mol. The van der Waals surface area contributed by atoms with Gasteiger partial charge in [0.15, 0.2) is 0 Å². The molecule has 2 aromatic carbocycles. The lowest BCUT2D eigenvalue weighted by atomic mass is 10.0. The molecular formula is C28H27N7O3S. The zero-order valence-corrected chi connectivity index (χ0v) is 21.8. The molecule has 1 saturated heterocycles. The standard InChI is InChI=1S/C28H27N7O3S/c29-13-17-2-1-3-21(12-17)35(28(31)38)20-7-4-18(5-8-20)22-16-39-26-19(14-33-27(30)25(22)26)6-9-24(37)34-11-10-32-23(36)15-34/h1-9,12,14,16H,10-11,13,15,29H2,(H2,30,33)(H2,31,38)(H,32,36)/b9-6+. The zero-order chi connectivity index (χ0) is 27.5. The summed E-state index contributed by atoms with van der Waals surface area (Å²) in [6.45, 7) is 1.30. The molecule has 7 N–H and O–H groups in total. The number of nitrogens with zero attached hydrogens (tertiary/aromatic N) is 3. The molecule has 3 heterocycles. The van der Waals surface area contributed by atoms with Gasteiger partial charge >= 0.3 is 6.03 Å². The number of hydrogen-bond acceptors (Lipinski definition) is 7. The molecule has 5 rings (SSSR count). The van der Waals surface area contributed by atoms with Crippen molar-refractivity contribution >= 4 is 62.5 Å². The van der Waals surface area contributed by atoms with E-state index in [0.29, 0.717) is 36.8 Å². The number of urea groups is 1. The molecule has 0 unspecified atom stereocenters. The second-order valence-electron chi connectivity index (χ2n) is 8.99. The van der Waals surface area contributed by atoms with Crippen LogP contribution in [-0.2, 0) is 16.1 Å². The maximum atomic E-state index is 12.6. The van der Waals surface area contributed by atoms with Crippen LogP contribution in [0, 0.1) is 0 Å². The van der Waals surface area contributed by atoms with Gasteiger partial charge in [0.2, 0.25) is 11.8 Å². The van der Waals surface area contributed by atoms with E-state index in [0.717, 1.165) is 32.3 Å². The van der Waals surface area contributed by atoms with Crippen molar-refractivity contribution in [3.8, 4) is 11.1 Å². The van der Waals surface area contributed by atoms with Crippen LogP contribution in [0.25, 0.3) is 27.3 Å². The van der Waals surface area contributed by atoms with Crippen LogP contribution >= 0.6 is 11.3 Å². The van der Waals surface area contributed by atoms with Crippen molar-refractivity contribution < 1.29 is 14.4 Å². The van der Waals surface area contributed by atoms with Crippen LogP contribution in [0.1, 0.15) is 11.1 Å². The highest BCUT2D eigenvalue weighted by Gasteiger charge is 2.20. The summed E-state index contributed by atoms with van der Waals surface area (Å²) < 4.78 is 0.888. The second kappa shape index (κ2) is 10.9. The van der Waals surface area contributed by atoms with Gasteiger partial charge in [-0.3, -0.25) is 14.5 Å². The number of piperazine rings is 1. The Bertz CT molecular complexity index is 1600. The van der Waals surface area contributed by atoms with E-state index in [1.54, 1.807) is 18.3 Å². The van der Waals surface area contributed by atoms with Crippen molar-refractivity contribution in [1.82, 2.24) is 15.2 Å². The first-order valence-corrected chi connectivity index (χ1v) is 13.1. The highest BCUT2D eigenvalue weighted by Crippen LogP contribution is 2.39. The molecular weight excluding hydrogens is 514 g/mol. The van der Waals surface area contributed by atoms with E-state index >= 15 is 0 Å². The van der Waals surface area contributed by atoms with Crippen LogP contribution < -0.4 is 27.4 Å². The average Bonchev–Trinajstić information content (AvgIpc) is 3.39. The van der Waals surface area contributed by atoms with E-state index in [-0.39, 0.29) is 18.4 Å². The minimum Gasteiger partial charge on any atom is -0.383 e. The Morgan fingerprint density at radius 2 is 1.95 bits per heavy atom. The quantitative estimate of drug-likeness (QED) is 0.274. The fourth-order valence-corrected chi connectivity index (χ4v) is 5.61. The Morgan fingerprint density at radius 1 is 1.15 bits per heavy atom. The van der Waals surface area contributed by atoms with Crippen molar-refractivity contribution in [1.29, 1.82) is 0 Å². The molecule has 1 fully saturated rings. The van der Waals surface area contributed by atoms with E-state index in [9.17, 15) is 14.4 Å². The fraction of sp³-hybridized carbons (Fsp3) is 0.143. The van der Waals surface area contributed by atoms with Crippen molar-refractivity contribution in [2.24, 2.45) is 11.5 Å². The highest BCUT2D eigenvalue weighted by atomic mass is 32.1. The Hall–Kier alpha value is -4.74. The minimum absolute atomic E-state index is 0.0450. The summed E-state index contributed by atoms with van der Waals surface area (Å²) in [5.74, 6) is -0.0337. The highest BCUT2D eigenvalue weighted by molar-refractivity contribution is 7.18. The summed E-state index contributed by atoms with van der Waals surface area (Å²) in [6, 6.07) is 14.2. The first-order valence-electron chi connectivity index (χ1n) is 12.2. The van der Waals surface area contributed by atoms with E-state index in [4.69, 9.17) is 17.2 Å². The SMILES string of the molecule is NCc1cccc(N(C(N)=O)c2ccc(-c3csc4c(/C=C/C(=O)N5CCNC(=O)C5)cnc(N)c34)cc2)c1. The Morgan fingerprint density at radius 3 is 2.67 bits per heavy atom. The van der Waals surface area contributed by atoms with Crippen LogP contribution in [0.2, 0.25) is 0 Å². The number of carbonyl (C=O) groups is 3. The smallest absolute Gasteiger partial charge is 0.323 e.